The molecular formula is C44H26N4S. The van der Waals surface area contributed by atoms with E-state index in [-0.39, 0.29) is 0 Å². The maximum Gasteiger partial charge on any atom is 0.235 e. The minimum Gasteiger partial charge on any atom is -0.309 e. The van der Waals surface area contributed by atoms with Gasteiger partial charge in [-0.2, -0.15) is 0 Å². The molecule has 1 aliphatic rings. The van der Waals surface area contributed by atoms with E-state index in [1.165, 1.54) is 42.9 Å². The molecule has 5 heteroatoms. The highest BCUT2D eigenvalue weighted by Crippen LogP contribution is 2.51. The van der Waals surface area contributed by atoms with Crippen molar-refractivity contribution < 1.29 is 0 Å². The van der Waals surface area contributed by atoms with Gasteiger partial charge in [-0.15, -0.1) is 11.3 Å². The topological polar surface area (TPSA) is 34.0 Å². The normalized spacial score (nSPS) is 12.4. The second-order valence-electron chi connectivity index (χ2n) is 12.6. The van der Waals surface area contributed by atoms with Gasteiger partial charge in [0, 0.05) is 43.1 Å². The number of para-hydroxylation sites is 3. The molecule has 0 spiro atoms. The first-order valence-electron chi connectivity index (χ1n) is 16.5. The predicted octanol–water partition coefficient (Wildman–Crippen LogP) is 12.2. The van der Waals surface area contributed by atoms with Gasteiger partial charge in [-0.3, -0.25) is 4.90 Å². The summed E-state index contributed by atoms with van der Waals surface area (Å²) in [5.74, 6) is 0.671. The van der Waals surface area contributed by atoms with Crippen LogP contribution in [0.1, 0.15) is 0 Å². The number of fused-ring (bicyclic) bond motifs is 8. The number of nitrogens with zero attached hydrogens (tertiary/aromatic N) is 4. The fourth-order valence-corrected chi connectivity index (χ4v) is 8.98. The maximum atomic E-state index is 5.53. The Labute approximate surface area is 285 Å². The van der Waals surface area contributed by atoms with Crippen molar-refractivity contribution in [2.45, 2.75) is 0 Å². The molecule has 11 rings (SSSR count). The maximum absolute atomic E-state index is 5.53. The summed E-state index contributed by atoms with van der Waals surface area (Å²) in [6.07, 6.45) is 0. The summed E-state index contributed by atoms with van der Waals surface area (Å²) < 4.78 is 4.67. The lowest BCUT2D eigenvalue weighted by molar-refractivity contribution is 1.12. The molecule has 3 aromatic heterocycles. The summed E-state index contributed by atoms with van der Waals surface area (Å²) in [5.41, 5.74) is 11.1. The second-order valence-corrected chi connectivity index (χ2v) is 13.7. The van der Waals surface area contributed by atoms with E-state index < -0.39 is 0 Å². The highest BCUT2D eigenvalue weighted by molar-refractivity contribution is 7.26. The third-order valence-corrected chi connectivity index (χ3v) is 11.1. The zero-order chi connectivity index (χ0) is 32.1. The largest absolute Gasteiger partial charge is 0.309 e. The molecule has 0 aliphatic carbocycles. The van der Waals surface area contributed by atoms with E-state index in [1.54, 1.807) is 11.3 Å². The molecule has 4 nitrogen and oxygen atoms in total. The molecule has 4 heterocycles. The Balaban J connectivity index is 1.23. The molecule has 0 saturated carbocycles. The van der Waals surface area contributed by atoms with Crippen LogP contribution >= 0.6 is 11.3 Å². The van der Waals surface area contributed by atoms with Crippen LogP contribution in [0.25, 0.3) is 81.0 Å². The number of rotatable bonds is 3. The molecule has 0 atom stereocenters. The van der Waals surface area contributed by atoms with Crippen molar-refractivity contribution in [1.82, 2.24) is 14.5 Å². The molecule has 0 unspecified atom stereocenters. The van der Waals surface area contributed by atoms with E-state index in [9.17, 15) is 0 Å². The number of thiophene rings is 1. The lowest BCUT2D eigenvalue weighted by atomic mass is 9.91. The molecule has 7 aromatic carbocycles. The molecule has 0 saturated heterocycles. The van der Waals surface area contributed by atoms with Crippen LogP contribution in [0.2, 0.25) is 0 Å². The van der Waals surface area contributed by atoms with Crippen LogP contribution in [-0.4, -0.2) is 14.5 Å². The van der Waals surface area contributed by atoms with Crippen molar-refractivity contribution >= 4 is 81.5 Å². The predicted molar refractivity (Wildman–Crippen MR) is 206 cm³/mol. The van der Waals surface area contributed by atoms with E-state index in [4.69, 9.17) is 9.97 Å². The van der Waals surface area contributed by atoms with Crippen LogP contribution in [0.15, 0.2) is 158 Å². The first kappa shape index (κ1) is 26.7. The van der Waals surface area contributed by atoms with Gasteiger partial charge in [0.2, 0.25) is 5.95 Å². The van der Waals surface area contributed by atoms with Gasteiger partial charge >= 0.3 is 0 Å². The molecule has 10 aromatic rings. The number of hydrogen-bond donors (Lipinski definition) is 0. The summed E-state index contributed by atoms with van der Waals surface area (Å²) in [6, 6.07) is 56.4. The molecule has 0 bridgehead atoms. The third-order valence-electron chi connectivity index (χ3n) is 9.93. The lowest BCUT2D eigenvalue weighted by Gasteiger charge is -2.32. The number of benzene rings is 7. The second kappa shape index (κ2) is 10.1. The monoisotopic (exact) mass is 642 g/mol. The van der Waals surface area contributed by atoms with Gasteiger partial charge in [0.05, 0.1) is 38.3 Å². The Morgan fingerprint density at radius 1 is 0.510 bits per heavy atom. The van der Waals surface area contributed by atoms with Crippen molar-refractivity contribution in [1.29, 1.82) is 0 Å². The minimum absolute atomic E-state index is 0.671. The fraction of sp³-hybridized carbons (Fsp3) is 0. The SMILES string of the molecule is c1ccc(-n2c3ccccc3c3ccc(-c4nc(N5c6ccccc6-c6cccc7cccc5c67)nc5c4sc4ccccc45)cc32)cc1. The Kier molecular flexibility index (Phi) is 5.51. The summed E-state index contributed by atoms with van der Waals surface area (Å²) in [4.78, 5) is 13.2. The van der Waals surface area contributed by atoms with Gasteiger partial charge in [-0.05, 0) is 53.4 Å². The summed E-state index contributed by atoms with van der Waals surface area (Å²) in [7, 11) is 0. The number of anilines is 3. The Morgan fingerprint density at radius 2 is 1.22 bits per heavy atom. The molecule has 49 heavy (non-hydrogen) atoms. The van der Waals surface area contributed by atoms with Crippen LogP contribution in [0.5, 0.6) is 0 Å². The molecular weight excluding hydrogens is 617 g/mol. The molecule has 1 aliphatic heterocycles. The first-order valence-corrected chi connectivity index (χ1v) is 17.3. The molecule has 228 valence electrons. The summed E-state index contributed by atoms with van der Waals surface area (Å²) in [6.45, 7) is 0. The van der Waals surface area contributed by atoms with Gasteiger partial charge in [0.1, 0.15) is 0 Å². The van der Waals surface area contributed by atoms with E-state index in [2.05, 4.69) is 167 Å². The third kappa shape index (κ3) is 3.79. The van der Waals surface area contributed by atoms with E-state index in [1.807, 2.05) is 0 Å². The van der Waals surface area contributed by atoms with Gasteiger partial charge in [0.15, 0.2) is 0 Å². The Morgan fingerprint density at radius 3 is 2.14 bits per heavy atom. The van der Waals surface area contributed by atoms with Gasteiger partial charge in [-0.25, -0.2) is 9.97 Å². The van der Waals surface area contributed by atoms with Gasteiger partial charge in [0.25, 0.3) is 0 Å². The van der Waals surface area contributed by atoms with Crippen LogP contribution in [0, 0.1) is 0 Å². The van der Waals surface area contributed by atoms with Gasteiger partial charge in [-0.1, -0.05) is 115 Å². The summed E-state index contributed by atoms with van der Waals surface area (Å²) in [5, 5.41) is 6.03. The number of aromatic nitrogens is 3. The van der Waals surface area contributed by atoms with Crippen molar-refractivity contribution in [2.24, 2.45) is 0 Å². The van der Waals surface area contributed by atoms with E-state index >= 15 is 0 Å². The van der Waals surface area contributed by atoms with Crippen molar-refractivity contribution in [2.75, 3.05) is 4.90 Å². The standard InChI is InChI=1S/C44H26N4S/c1-2-14-29(15-3-1)47-35-20-7-4-16-30(35)32-25-24-28(26-38(32)47)41-43-42(34-18-6-9-23-39(34)49-43)46-44(45-41)48-36-21-8-5-17-31(36)33-19-10-12-27-13-11-22-37(48)40(27)33/h1-26H. The summed E-state index contributed by atoms with van der Waals surface area (Å²) >= 11 is 1.77. The van der Waals surface area contributed by atoms with E-state index in [0.29, 0.717) is 5.95 Å². The van der Waals surface area contributed by atoms with E-state index in [0.717, 1.165) is 49.4 Å². The Hall–Kier alpha value is -6.30. The zero-order valence-corrected chi connectivity index (χ0v) is 27.0. The zero-order valence-electron chi connectivity index (χ0n) is 26.2. The van der Waals surface area contributed by atoms with Crippen LogP contribution in [-0.2, 0) is 0 Å². The molecule has 0 N–H and O–H groups in total. The average molecular weight is 643 g/mol. The molecule has 0 radical (unpaired) electrons. The van der Waals surface area contributed by atoms with Crippen molar-refractivity contribution in [3.8, 4) is 28.1 Å². The molecule has 0 fully saturated rings. The minimum atomic E-state index is 0.671. The van der Waals surface area contributed by atoms with Crippen molar-refractivity contribution in [3.63, 3.8) is 0 Å². The molecule has 0 amide bonds. The van der Waals surface area contributed by atoms with Crippen LogP contribution in [0.3, 0.4) is 0 Å². The Bertz CT molecular complexity index is 2950. The highest BCUT2D eigenvalue weighted by Gasteiger charge is 2.29. The average Bonchev–Trinajstić information content (AvgIpc) is 3.71. The van der Waals surface area contributed by atoms with Crippen LogP contribution < -0.4 is 4.90 Å². The van der Waals surface area contributed by atoms with Gasteiger partial charge < -0.3 is 4.57 Å². The fourth-order valence-electron chi connectivity index (χ4n) is 7.82. The lowest BCUT2D eigenvalue weighted by Crippen LogP contribution is -2.17. The van der Waals surface area contributed by atoms with Crippen molar-refractivity contribution in [3.05, 3.63) is 158 Å². The smallest absolute Gasteiger partial charge is 0.235 e. The van der Waals surface area contributed by atoms with Crippen LogP contribution in [0.4, 0.5) is 17.3 Å². The highest BCUT2D eigenvalue weighted by atomic mass is 32.1. The number of hydrogen-bond acceptors (Lipinski definition) is 4. The first-order chi connectivity index (χ1) is 24.3. The quantitative estimate of drug-likeness (QED) is 0.192.